The van der Waals surface area contributed by atoms with Crippen molar-refractivity contribution in [2.45, 2.75) is 51.7 Å². The Hall–Kier alpha value is -1.32. The van der Waals surface area contributed by atoms with Gasteiger partial charge in [-0.3, -0.25) is 4.79 Å². The molecule has 0 N–H and O–H groups in total. The second-order valence-corrected chi connectivity index (χ2v) is 6.50. The summed E-state index contributed by atoms with van der Waals surface area (Å²) in [6.07, 6.45) is 4.03. The zero-order chi connectivity index (χ0) is 16.2. The predicted octanol–water partition coefficient (Wildman–Crippen LogP) is 4.33. The summed E-state index contributed by atoms with van der Waals surface area (Å²) in [5.74, 6) is -0.221. The first-order valence-electron chi connectivity index (χ1n) is 7.66. The molecule has 1 aliphatic rings. The third kappa shape index (κ3) is 4.85. The minimum atomic E-state index is -0.592. The fourth-order valence-electron chi connectivity index (χ4n) is 2.98. The quantitative estimate of drug-likeness (QED) is 0.598. The van der Waals surface area contributed by atoms with Crippen molar-refractivity contribution in [1.82, 2.24) is 0 Å². The number of halogens is 1. The van der Waals surface area contributed by atoms with Gasteiger partial charge in [0.05, 0.1) is 24.7 Å². The molecule has 0 bridgehead atoms. The first kappa shape index (κ1) is 17.0. The molecule has 0 amide bonds. The molecule has 0 fully saturated rings. The Bertz CT molecular complexity index is 550. The van der Waals surface area contributed by atoms with Gasteiger partial charge in [0.2, 0.25) is 0 Å². The van der Waals surface area contributed by atoms with Gasteiger partial charge < -0.3 is 9.47 Å². The average molecular weight is 323 g/mol. The first-order valence-corrected chi connectivity index (χ1v) is 8.04. The van der Waals surface area contributed by atoms with Gasteiger partial charge in [0.25, 0.3) is 0 Å². The summed E-state index contributed by atoms with van der Waals surface area (Å²) >= 11 is 5.92. The number of carbonyl (C=O) groups is 1. The lowest BCUT2D eigenvalue weighted by Crippen LogP contribution is -2.39. The van der Waals surface area contributed by atoms with Crippen LogP contribution in [-0.2, 0) is 20.7 Å². The van der Waals surface area contributed by atoms with Gasteiger partial charge in [0.1, 0.15) is 0 Å². The van der Waals surface area contributed by atoms with E-state index in [1.54, 1.807) is 0 Å². The lowest BCUT2D eigenvalue weighted by atomic mass is 9.90. The SMILES string of the molecule is CCOC(=O)C[C@]1(C)C=C(C)C[C@H](Cc2ccc(Cl)cc2)O1. The van der Waals surface area contributed by atoms with Crippen LogP contribution in [0.3, 0.4) is 0 Å². The molecular formula is C18H23ClO3. The van der Waals surface area contributed by atoms with E-state index in [2.05, 4.69) is 6.92 Å². The first-order chi connectivity index (χ1) is 10.4. The lowest BCUT2D eigenvalue weighted by Gasteiger charge is -2.36. The van der Waals surface area contributed by atoms with Crippen molar-refractivity contribution in [3.05, 3.63) is 46.5 Å². The van der Waals surface area contributed by atoms with Gasteiger partial charge in [0, 0.05) is 5.02 Å². The van der Waals surface area contributed by atoms with Crippen LogP contribution in [0.2, 0.25) is 5.02 Å². The fourth-order valence-corrected chi connectivity index (χ4v) is 3.11. The molecule has 0 aromatic heterocycles. The van der Waals surface area contributed by atoms with Crippen molar-refractivity contribution in [3.63, 3.8) is 0 Å². The topological polar surface area (TPSA) is 35.5 Å². The van der Waals surface area contributed by atoms with Gasteiger partial charge >= 0.3 is 5.97 Å². The summed E-state index contributed by atoms with van der Waals surface area (Å²) in [4.78, 5) is 11.8. The lowest BCUT2D eigenvalue weighted by molar-refractivity contribution is -0.151. The molecule has 0 unspecified atom stereocenters. The monoisotopic (exact) mass is 322 g/mol. The van der Waals surface area contributed by atoms with Crippen molar-refractivity contribution in [3.8, 4) is 0 Å². The van der Waals surface area contributed by atoms with Gasteiger partial charge in [-0.1, -0.05) is 35.4 Å². The third-order valence-corrected chi connectivity index (χ3v) is 3.97. The summed E-state index contributed by atoms with van der Waals surface area (Å²) in [7, 11) is 0. The number of esters is 1. The molecule has 22 heavy (non-hydrogen) atoms. The van der Waals surface area contributed by atoms with E-state index < -0.39 is 5.60 Å². The summed E-state index contributed by atoms with van der Waals surface area (Å²) in [5.41, 5.74) is 1.84. The minimum Gasteiger partial charge on any atom is -0.466 e. The Kier molecular flexibility index (Phi) is 5.65. The summed E-state index contributed by atoms with van der Waals surface area (Å²) < 4.78 is 11.2. The number of carbonyl (C=O) groups excluding carboxylic acids is 1. The Morgan fingerprint density at radius 2 is 2.09 bits per heavy atom. The van der Waals surface area contributed by atoms with Crippen LogP contribution in [0.4, 0.5) is 0 Å². The molecule has 0 radical (unpaired) electrons. The summed E-state index contributed by atoms with van der Waals surface area (Å²) in [6, 6.07) is 7.81. The van der Waals surface area contributed by atoms with E-state index in [0.29, 0.717) is 6.61 Å². The minimum absolute atomic E-state index is 0.0607. The normalized spacial score (nSPS) is 24.7. The van der Waals surface area contributed by atoms with Crippen LogP contribution in [0.25, 0.3) is 0 Å². The molecule has 3 nitrogen and oxygen atoms in total. The third-order valence-electron chi connectivity index (χ3n) is 3.71. The molecular weight excluding hydrogens is 300 g/mol. The Labute approximate surface area is 137 Å². The number of rotatable bonds is 5. The standard InChI is InChI=1S/C18H23ClO3/c1-4-21-17(20)12-18(3)11-13(2)9-16(22-18)10-14-5-7-15(19)8-6-14/h5-8,11,16H,4,9-10,12H2,1-3H3/t16-,18+/m1/s1. The highest BCUT2D eigenvalue weighted by atomic mass is 35.5. The molecule has 0 aliphatic carbocycles. The second kappa shape index (κ2) is 7.30. The van der Waals surface area contributed by atoms with Crippen LogP contribution < -0.4 is 0 Å². The predicted molar refractivity (Wildman–Crippen MR) is 88.1 cm³/mol. The van der Waals surface area contributed by atoms with Crippen molar-refractivity contribution < 1.29 is 14.3 Å². The highest BCUT2D eigenvalue weighted by Crippen LogP contribution is 2.31. The van der Waals surface area contributed by atoms with Crippen LogP contribution in [-0.4, -0.2) is 24.3 Å². The maximum Gasteiger partial charge on any atom is 0.309 e. The smallest absolute Gasteiger partial charge is 0.309 e. The summed E-state index contributed by atoms with van der Waals surface area (Å²) in [6.45, 7) is 6.24. The van der Waals surface area contributed by atoms with E-state index in [1.807, 2.05) is 44.2 Å². The number of ether oxygens (including phenoxy) is 2. The van der Waals surface area contributed by atoms with Crippen LogP contribution >= 0.6 is 11.6 Å². The van der Waals surface area contributed by atoms with Crippen molar-refractivity contribution in [2.24, 2.45) is 0 Å². The van der Waals surface area contributed by atoms with Gasteiger partial charge in [-0.05, 0) is 51.3 Å². The van der Waals surface area contributed by atoms with E-state index in [9.17, 15) is 4.79 Å². The molecule has 1 aromatic carbocycles. The van der Waals surface area contributed by atoms with E-state index in [4.69, 9.17) is 21.1 Å². The Morgan fingerprint density at radius 3 is 2.73 bits per heavy atom. The van der Waals surface area contributed by atoms with Gasteiger partial charge in [0.15, 0.2) is 0 Å². The fraction of sp³-hybridized carbons (Fsp3) is 0.500. The Balaban J connectivity index is 2.04. The molecule has 0 saturated carbocycles. The zero-order valence-electron chi connectivity index (χ0n) is 13.4. The van der Waals surface area contributed by atoms with Gasteiger partial charge in [-0.25, -0.2) is 0 Å². The molecule has 1 aromatic rings. The van der Waals surface area contributed by atoms with Crippen LogP contribution in [0, 0.1) is 0 Å². The van der Waals surface area contributed by atoms with Crippen molar-refractivity contribution >= 4 is 17.6 Å². The zero-order valence-corrected chi connectivity index (χ0v) is 14.2. The van der Waals surface area contributed by atoms with Gasteiger partial charge in [-0.2, -0.15) is 0 Å². The maximum atomic E-state index is 11.8. The van der Waals surface area contributed by atoms with E-state index >= 15 is 0 Å². The molecule has 2 rings (SSSR count). The van der Waals surface area contributed by atoms with Crippen molar-refractivity contribution in [2.75, 3.05) is 6.61 Å². The number of hydrogen-bond donors (Lipinski definition) is 0. The number of hydrogen-bond acceptors (Lipinski definition) is 3. The molecule has 2 atom stereocenters. The number of benzene rings is 1. The van der Waals surface area contributed by atoms with Crippen LogP contribution in [0.1, 0.15) is 39.2 Å². The Morgan fingerprint density at radius 1 is 1.41 bits per heavy atom. The highest BCUT2D eigenvalue weighted by Gasteiger charge is 2.34. The van der Waals surface area contributed by atoms with E-state index in [0.717, 1.165) is 17.9 Å². The van der Waals surface area contributed by atoms with E-state index in [1.165, 1.54) is 11.1 Å². The van der Waals surface area contributed by atoms with Gasteiger partial charge in [-0.15, -0.1) is 0 Å². The molecule has 4 heteroatoms. The van der Waals surface area contributed by atoms with Crippen molar-refractivity contribution in [1.29, 1.82) is 0 Å². The molecule has 120 valence electrons. The largest absolute Gasteiger partial charge is 0.466 e. The van der Waals surface area contributed by atoms with Crippen LogP contribution in [0.5, 0.6) is 0 Å². The average Bonchev–Trinajstić information content (AvgIpc) is 2.40. The summed E-state index contributed by atoms with van der Waals surface area (Å²) in [5, 5.41) is 0.733. The molecule has 0 saturated heterocycles. The second-order valence-electron chi connectivity index (χ2n) is 6.06. The maximum absolute atomic E-state index is 11.8. The molecule has 1 heterocycles. The van der Waals surface area contributed by atoms with Crippen LogP contribution in [0.15, 0.2) is 35.9 Å². The molecule has 1 aliphatic heterocycles. The van der Waals surface area contributed by atoms with E-state index in [-0.39, 0.29) is 18.5 Å². The highest BCUT2D eigenvalue weighted by molar-refractivity contribution is 6.30. The molecule has 0 spiro atoms.